The van der Waals surface area contributed by atoms with Crippen LogP contribution in [0.2, 0.25) is 15.1 Å². The number of hydrogen-bond donors (Lipinski definition) is 2. The van der Waals surface area contributed by atoms with Crippen LogP contribution in [0, 0.1) is 34.9 Å². The van der Waals surface area contributed by atoms with Gasteiger partial charge >= 0.3 is 5.97 Å². The summed E-state index contributed by atoms with van der Waals surface area (Å²) in [5.41, 5.74) is 4.42. The van der Waals surface area contributed by atoms with Crippen LogP contribution in [0.4, 0.5) is 43.4 Å². The normalized spacial score (nSPS) is 13.0. The van der Waals surface area contributed by atoms with E-state index in [1.165, 1.54) is 92.7 Å². The summed E-state index contributed by atoms with van der Waals surface area (Å²) in [5.74, 6) is -7.96. The number of aliphatic carboxylic acids is 1. The SMILES string of the molecule is CN(C)C(=O)CN1Cc2c(c(O)c3ncc(Cc4cc(Cl)c(F)cc4F)cc3c2N(C)S(C)(=O)=O)C1=O.COc1ccc(COc2c3c(c(N(C)S(C)(=O)=O)c4cc(Cc5cc(Cl)c(F)cc5F)cnc24)CN(CC(=O)N(C)C)C3=O)cc1.COc1ccc(COc2c3c(c(N(C)S(C)(=O)=O)c4cc(Cc5cc(Cl)c(F)cc5F)cnc24)CN(CC(=O)O)C3=O)cc1. The second kappa shape index (κ2) is 37.2. The first kappa shape index (κ1) is 93.7. The lowest BCUT2D eigenvalue weighted by atomic mass is 9.98. The third-order valence-electron chi connectivity index (χ3n) is 21.2. The molecule has 0 radical (unpaired) electrons. The number of anilines is 3. The molecule has 0 saturated carbocycles. The fourth-order valence-electron chi connectivity index (χ4n) is 14.5. The molecule has 0 spiro atoms. The third-order valence-corrected chi connectivity index (χ3v) is 25.6. The van der Waals surface area contributed by atoms with E-state index in [-0.39, 0.29) is 192 Å². The number of nitrogens with zero attached hydrogens (tertiary/aromatic N) is 11. The lowest BCUT2D eigenvalue weighted by molar-refractivity contribution is -0.137. The molecule has 3 aliphatic rings. The van der Waals surface area contributed by atoms with Crippen LogP contribution in [-0.4, -0.2) is 212 Å². The van der Waals surface area contributed by atoms with Crippen molar-refractivity contribution in [3.63, 3.8) is 0 Å². The predicted octanol–water partition coefficient (Wildman–Crippen LogP) is 12.5. The summed E-state index contributed by atoms with van der Waals surface area (Å²) in [4.78, 5) is 96.8. The molecule has 29 nitrogen and oxygen atoms in total. The van der Waals surface area contributed by atoms with Crippen molar-refractivity contribution in [1.29, 1.82) is 0 Å². The first-order valence-corrected chi connectivity index (χ1v) is 44.7. The molecular weight excluding hydrogens is 1790 g/mol. The topological polar surface area (TPSA) is 347 Å². The number of carbonyl (C=O) groups excluding carboxylic acids is 5. The van der Waals surface area contributed by atoms with Crippen LogP contribution in [0.25, 0.3) is 32.7 Å². The van der Waals surface area contributed by atoms with Gasteiger partial charge in [-0.15, -0.1) is 0 Å². The van der Waals surface area contributed by atoms with E-state index in [1.807, 2.05) is 0 Å². The van der Waals surface area contributed by atoms with E-state index in [4.69, 9.17) is 53.8 Å². The number of benzene rings is 8. The van der Waals surface area contributed by atoms with E-state index in [0.717, 1.165) is 59.8 Å². The number of carboxylic acids is 1. The van der Waals surface area contributed by atoms with Crippen molar-refractivity contribution in [3.8, 4) is 28.7 Å². The third kappa shape index (κ3) is 19.9. The average Bonchev–Trinajstić information content (AvgIpc) is 1.63. The van der Waals surface area contributed by atoms with E-state index in [2.05, 4.69) is 15.0 Å². The fourth-order valence-corrected chi connectivity index (χ4v) is 16.6. The summed E-state index contributed by atoms with van der Waals surface area (Å²) in [7, 11) is 1.62. The number of fused-ring (bicyclic) bond motifs is 6. The van der Waals surface area contributed by atoms with Gasteiger partial charge in [-0.05, 0) is 105 Å². The molecule has 127 heavy (non-hydrogen) atoms. The van der Waals surface area contributed by atoms with Crippen LogP contribution in [0.5, 0.6) is 28.7 Å². The van der Waals surface area contributed by atoms with E-state index in [0.29, 0.717) is 57.3 Å². The van der Waals surface area contributed by atoms with E-state index < -0.39 is 101 Å². The second-order valence-corrected chi connectivity index (χ2v) is 37.6. The van der Waals surface area contributed by atoms with Gasteiger partial charge in [-0.3, -0.25) is 56.6 Å². The molecular formula is C86H80Cl3F6N11O18S3. The molecule has 5 amide bonds. The largest absolute Gasteiger partial charge is 0.505 e. The Labute approximate surface area is 739 Å². The van der Waals surface area contributed by atoms with Crippen molar-refractivity contribution in [2.24, 2.45) is 0 Å². The zero-order chi connectivity index (χ0) is 92.8. The molecule has 41 heteroatoms. The quantitative estimate of drug-likeness (QED) is 0.0375. The minimum atomic E-state index is -3.90. The van der Waals surface area contributed by atoms with Gasteiger partial charge in [0.2, 0.25) is 41.9 Å². The number of phenols is 1. The molecule has 14 rings (SSSR count). The van der Waals surface area contributed by atoms with Crippen LogP contribution < -0.4 is 31.9 Å². The highest BCUT2D eigenvalue weighted by molar-refractivity contribution is 7.92. The number of rotatable bonds is 26. The number of carbonyl (C=O) groups is 6. The minimum Gasteiger partial charge on any atom is -0.505 e. The second-order valence-electron chi connectivity index (χ2n) is 30.4. The Morgan fingerprint density at radius 3 is 1.02 bits per heavy atom. The van der Waals surface area contributed by atoms with E-state index in [1.54, 1.807) is 81.9 Å². The highest BCUT2D eigenvalue weighted by Gasteiger charge is 2.43. The van der Waals surface area contributed by atoms with Gasteiger partial charge in [0, 0.05) is 158 Å². The van der Waals surface area contributed by atoms with Crippen LogP contribution in [-0.2, 0) is 96.6 Å². The number of phenolic OH excluding ortho intramolecular Hbond substituents is 1. The molecule has 3 aliphatic heterocycles. The summed E-state index contributed by atoms with van der Waals surface area (Å²) in [6.07, 6.45) is 7.01. The zero-order valence-electron chi connectivity index (χ0n) is 69.8. The molecule has 6 heterocycles. The van der Waals surface area contributed by atoms with Crippen molar-refractivity contribution in [2.45, 2.75) is 52.1 Å². The van der Waals surface area contributed by atoms with Gasteiger partial charge in [0.05, 0.1) is 81.8 Å². The number of methoxy groups -OCH3 is 2. The number of amides is 5. The van der Waals surface area contributed by atoms with Crippen molar-refractivity contribution in [3.05, 3.63) is 250 Å². The Bertz CT molecular complexity index is 6730. The van der Waals surface area contributed by atoms with E-state index in [9.17, 15) is 90.6 Å². The van der Waals surface area contributed by atoms with Gasteiger partial charge < -0.3 is 53.7 Å². The Balaban J connectivity index is 0.000000174. The van der Waals surface area contributed by atoms with Gasteiger partial charge in [0.15, 0.2) is 17.2 Å². The molecule has 668 valence electrons. The number of aromatic nitrogens is 3. The summed E-state index contributed by atoms with van der Waals surface area (Å²) in [6, 6.07) is 24.4. The molecule has 11 aromatic rings. The molecule has 2 N–H and O–H groups in total. The Morgan fingerprint density at radius 2 is 0.717 bits per heavy atom. The Hall–Kier alpha value is -12.5. The van der Waals surface area contributed by atoms with Crippen LogP contribution in [0.15, 0.2) is 122 Å². The molecule has 3 aromatic heterocycles. The first-order chi connectivity index (χ1) is 59.7. The maximum Gasteiger partial charge on any atom is 0.323 e. The van der Waals surface area contributed by atoms with Gasteiger partial charge in [-0.1, -0.05) is 59.1 Å². The molecule has 0 atom stereocenters. The number of halogens is 9. The van der Waals surface area contributed by atoms with E-state index >= 15 is 0 Å². The van der Waals surface area contributed by atoms with Crippen LogP contribution >= 0.6 is 34.8 Å². The lowest BCUT2D eigenvalue weighted by Crippen LogP contribution is -2.36. The molecule has 0 aliphatic carbocycles. The number of hydrogen-bond acceptors (Lipinski definition) is 20. The number of pyridine rings is 3. The van der Waals surface area contributed by atoms with Gasteiger partial charge in [-0.25, -0.2) is 51.6 Å². The van der Waals surface area contributed by atoms with Crippen molar-refractivity contribution < 1.29 is 110 Å². The van der Waals surface area contributed by atoms with Crippen LogP contribution in [0.3, 0.4) is 0 Å². The zero-order valence-corrected chi connectivity index (χ0v) is 74.5. The molecule has 0 bridgehead atoms. The minimum absolute atomic E-state index is 0.00521. The fraction of sp³-hybridized carbons (Fsp3) is 0.267. The summed E-state index contributed by atoms with van der Waals surface area (Å²) in [5, 5.41) is 20.5. The first-order valence-electron chi connectivity index (χ1n) is 38.0. The maximum absolute atomic E-state index is 14.7. The Morgan fingerprint density at radius 1 is 0.425 bits per heavy atom. The summed E-state index contributed by atoms with van der Waals surface area (Å²) < 4.78 is 187. The van der Waals surface area contributed by atoms with Gasteiger partial charge in [0.25, 0.3) is 17.7 Å². The number of ether oxygens (including phenoxy) is 4. The smallest absolute Gasteiger partial charge is 0.323 e. The number of sulfonamides is 3. The average molecular weight is 1870 g/mol. The van der Waals surface area contributed by atoms with Crippen molar-refractivity contribution in [1.82, 2.24) is 39.5 Å². The lowest BCUT2D eigenvalue weighted by Gasteiger charge is -2.24. The van der Waals surface area contributed by atoms with Crippen molar-refractivity contribution >= 4 is 150 Å². The number of aromatic hydroxyl groups is 1. The molecule has 0 fully saturated rings. The number of carboxylic acid groups (broad SMARTS) is 1. The number of likely N-dealkylation sites (N-methyl/N-ethyl adjacent to an activating group) is 2. The highest BCUT2D eigenvalue weighted by atomic mass is 35.5. The summed E-state index contributed by atoms with van der Waals surface area (Å²) in [6.45, 7) is -1.56. The molecule has 0 saturated heterocycles. The monoisotopic (exact) mass is 1870 g/mol. The molecule has 8 aromatic carbocycles. The standard InChI is InChI=1S/C32H31ClF2N4O6S.C30H26ClF2N3O7S.C24H23ClF2N4O5S/c1-37(2)27(40)16-39-15-23-28(32(39)41)31(45-17-18-6-8-21(44-4)9-7-18)29-22(30(23)38(3)46(5,42)43)11-19(14-36-29)10-20-12-24(33)26(35)13-25(20)34;1-35(44(3,40)41)28-20-9-17(8-18-10-22(31)24(33)11-23(18)32)12-34-27(20)29(43-15-16-4-6-19(42-2)7-5-16)26-21(28)13-36(30(26)39)14-25(37)38;1-29(2)19(32)11-31-10-15-20(24(31)34)23(33)21-14(22(15)30(3)37(4,35)36)6-12(9-28-21)5-13-7-16(25)18(27)8-17(13)26/h6-9,11-14H,10,15-17H2,1-5H3;4-7,9-12H,8,13-15H2,1-3H3,(H,37,38);6-9,33H,5,10-11H2,1-4H3. The highest BCUT2D eigenvalue weighted by Crippen LogP contribution is 2.50. The maximum atomic E-state index is 14.7. The predicted molar refractivity (Wildman–Crippen MR) is 463 cm³/mol. The van der Waals surface area contributed by atoms with Gasteiger partial charge in [-0.2, -0.15) is 0 Å². The summed E-state index contributed by atoms with van der Waals surface area (Å²) >= 11 is 17.6. The van der Waals surface area contributed by atoms with Crippen molar-refractivity contribution in [2.75, 3.05) is 115 Å². The van der Waals surface area contributed by atoms with Gasteiger partial charge in [0.1, 0.15) is 95.8 Å². The Kier molecular flexibility index (Phi) is 27.4. The van der Waals surface area contributed by atoms with Crippen LogP contribution in [0.1, 0.15) is 92.3 Å². The molecule has 0 unspecified atom stereocenters.